The third-order valence-corrected chi connectivity index (χ3v) is 6.19. The number of Topliss-reactive ketones (excluding diaryl/α,β-unsaturated/α-hetero) is 1. The number of carbonyl (C=O) groups is 3. The molecule has 37 heavy (non-hydrogen) atoms. The maximum atomic E-state index is 13.2. The fourth-order valence-corrected chi connectivity index (χ4v) is 4.33. The van der Waals surface area contributed by atoms with E-state index >= 15 is 0 Å². The Labute approximate surface area is 215 Å². The van der Waals surface area contributed by atoms with Crippen LogP contribution < -0.4 is 4.74 Å². The quantitative estimate of drug-likeness (QED) is 0.209. The highest BCUT2D eigenvalue weighted by Gasteiger charge is 2.46. The average Bonchev–Trinajstić information content (AvgIpc) is 3.17. The number of carbonyl (C=O) groups excluding carboxylic acids is 3. The molecule has 3 aromatic rings. The maximum Gasteiger partial charge on any atom is 0.338 e. The van der Waals surface area contributed by atoms with E-state index in [1.54, 1.807) is 74.1 Å². The highest BCUT2D eigenvalue weighted by atomic mass is 16.5. The summed E-state index contributed by atoms with van der Waals surface area (Å²) < 4.78 is 10.5. The Morgan fingerprint density at radius 2 is 1.81 bits per heavy atom. The molecule has 0 spiro atoms. The summed E-state index contributed by atoms with van der Waals surface area (Å²) in [5.74, 6) is -1.55. The van der Waals surface area contributed by atoms with Gasteiger partial charge in [-0.25, -0.2) is 4.79 Å². The molecule has 8 nitrogen and oxygen atoms in total. The number of aromatic nitrogens is 1. The molecule has 4 rings (SSSR count). The second-order valence-corrected chi connectivity index (χ2v) is 8.73. The summed E-state index contributed by atoms with van der Waals surface area (Å²) in [5, 5.41) is 11.2. The number of rotatable bonds is 8. The maximum absolute atomic E-state index is 13.2. The van der Waals surface area contributed by atoms with Gasteiger partial charge in [-0.2, -0.15) is 0 Å². The van der Waals surface area contributed by atoms with Crippen LogP contribution in [-0.2, 0) is 20.9 Å². The van der Waals surface area contributed by atoms with Gasteiger partial charge in [0.05, 0.1) is 30.9 Å². The first-order valence-corrected chi connectivity index (χ1v) is 11.9. The summed E-state index contributed by atoms with van der Waals surface area (Å²) in [6.07, 6.45) is 3.89. The Morgan fingerprint density at radius 3 is 2.43 bits per heavy atom. The molecule has 1 aliphatic heterocycles. The predicted octanol–water partition coefficient (Wildman–Crippen LogP) is 4.59. The van der Waals surface area contributed by atoms with E-state index in [2.05, 4.69) is 4.98 Å². The van der Waals surface area contributed by atoms with Crippen molar-refractivity contribution in [2.24, 2.45) is 0 Å². The molecule has 2 heterocycles. The number of aliphatic hydroxyl groups excluding tert-OH is 1. The standard InChI is InChI=1S/C29H28N2O6/c1-4-14-37-29(35)20-9-7-19(8-10-20)17-31-25(22-6-5-13-30-16-22)24(27(33)28(31)34)26(32)21-11-12-23(36-3)18(2)15-21/h5-13,15-16,25,32H,4,14,17H2,1-3H3/b26-24-. The van der Waals surface area contributed by atoms with Gasteiger partial charge in [0.1, 0.15) is 11.5 Å². The molecule has 1 amide bonds. The lowest BCUT2D eigenvalue weighted by atomic mass is 9.95. The topological polar surface area (TPSA) is 106 Å². The molecule has 8 heteroatoms. The summed E-state index contributed by atoms with van der Waals surface area (Å²) in [7, 11) is 1.55. The molecule has 1 atom stereocenters. The molecule has 190 valence electrons. The number of esters is 1. The van der Waals surface area contributed by atoms with Crippen LogP contribution in [0.15, 0.2) is 72.6 Å². The molecule has 1 saturated heterocycles. The van der Waals surface area contributed by atoms with Crippen molar-refractivity contribution in [3.63, 3.8) is 0 Å². The van der Waals surface area contributed by atoms with Gasteiger partial charge in [-0.1, -0.05) is 25.1 Å². The predicted molar refractivity (Wildman–Crippen MR) is 137 cm³/mol. The lowest BCUT2D eigenvalue weighted by Gasteiger charge is -2.25. The van der Waals surface area contributed by atoms with E-state index < -0.39 is 23.7 Å². The van der Waals surface area contributed by atoms with Gasteiger partial charge >= 0.3 is 5.97 Å². The van der Waals surface area contributed by atoms with Crippen LogP contribution in [0.3, 0.4) is 0 Å². The van der Waals surface area contributed by atoms with Crippen LogP contribution in [0.4, 0.5) is 0 Å². The molecule has 1 unspecified atom stereocenters. The molecule has 0 bridgehead atoms. The van der Waals surface area contributed by atoms with E-state index in [-0.39, 0.29) is 17.9 Å². The van der Waals surface area contributed by atoms with E-state index in [4.69, 9.17) is 9.47 Å². The Kier molecular flexibility index (Phi) is 7.67. The number of likely N-dealkylation sites (tertiary alicyclic amines) is 1. The first-order valence-electron chi connectivity index (χ1n) is 11.9. The van der Waals surface area contributed by atoms with E-state index in [0.717, 1.165) is 12.0 Å². The second-order valence-electron chi connectivity index (χ2n) is 8.73. The van der Waals surface area contributed by atoms with Crippen molar-refractivity contribution in [1.82, 2.24) is 9.88 Å². The number of ketones is 1. The minimum absolute atomic E-state index is 0.0117. The first-order chi connectivity index (χ1) is 17.8. The van der Waals surface area contributed by atoms with Gasteiger partial charge in [-0.15, -0.1) is 0 Å². The van der Waals surface area contributed by atoms with Gasteiger partial charge in [0, 0.05) is 24.5 Å². The lowest BCUT2D eigenvalue weighted by Crippen LogP contribution is -2.29. The molecule has 1 N–H and O–H groups in total. The Hall–Kier alpha value is -4.46. The monoisotopic (exact) mass is 500 g/mol. The van der Waals surface area contributed by atoms with Gasteiger partial charge in [0.15, 0.2) is 0 Å². The molecule has 1 fully saturated rings. The number of ether oxygens (including phenoxy) is 2. The Morgan fingerprint density at radius 1 is 1.08 bits per heavy atom. The van der Waals surface area contributed by atoms with Crippen LogP contribution >= 0.6 is 0 Å². The third-order valence-electron chi connectivity index (χ3n) is 6.19. The van der Waals surface area contributed by atoms with E-state index in [1.807, 2.05) is 13.8 Å². The highest BCUT2D eigenvalue weighted by Crippen LogP contribution is 2.40. The molecule has 1 aromatic heterocycles. The van der Waals surface area contributed by atoms with E-state index in [1.165, 1.54) is 4.90 Å². The summed E-state index contributed by atoms with van der Waals surface area (Å²) >= 11 is 0. The summed E-state index contributed by atoms with van der Waals surface area (Å²) in [5.41, 5.74) is 2.87. The van der Waals surface area contributed by atoms with Crippen molar-refractivity contribution >= 4 is 23.4 Å². The number of hydrogen-bond donors (Lipinski definition) is 1. The second kappa shape index (κ2) is 11.1. The zero-order valence-electron chi connectivity index (χ0n) is 20.9. The molecule has 1 aliphatic rings. The minimum atomic E-state index is -0.842. The van der Waals surface area contributed by atoms with Gasteiger partial charge in [0.25, 0.3) is 11.7 Å². The highest BCUT2D eigenvalue weighted by molar-refractivity contribution is 6.46. The fourth-order valence-electron chi connectivity index (χ4n) is 4.33. The van der Waals surface area contributed by atoms with Gasteiger partial charge in [0.2, 0.25) is 0 Å². The van der Waals surface area contributed by atoms with Crippen molar-refractivity contribution in [3.05, 3.63) is 100 Å². The van der Waals surface area contributed by atoms with Crippen molar-refractivity contribution in [1.29, 1.82) is 0 Å². The first kappa shape index (κ1) is 25.6. The Bertz CT molecular complexity index is 1350. The van der Waals surface area contributed by atoms with Crippen LogP contribution in [0.25, 0.3) is 5.76 Å². The summed E-state index contributed by atoms with van der Waals surface area (Å²) in [6, 6.07) is 14.4. The fraction of sp³-hybridized carbons (Fsp3) is 0.241. The van der Waals surface area contributed by atoms with Crippen LogP contribution in [0.1, 0.15) is 52.0 Å². The molecule has 2 aromatic carbocycles. The van der Waals surface area contributed by atoms with E-state index in [0.29, 0.717) is 34.6 Å². The molecular formula is C29H28N2O6. The zero-order valence-corrected chi connectivity index (χ0v) is 20.9. The molecule has 0 aliphatic carbocycles. The minimum Gasteiger partial charge on any atom is -0.507 e. The number of hydrogen-bond acceptors (Lipinski definition) is 7. The van der Waals surface area contributed by atoms with E-state index in [9.17, 15) is 19.5 Å². The number of aryl methyl sites for hydroxylation is 1. The number of amides is 1. The Balaban J connectivity index is 1.72. The lowest BCUT2D eigenvalue weighted by molar-refractivity contribution is -0.140. The third kappa shape index (κ3) is 5.23. The van der Waals surface area contributed by atoms with Crippen molar-refractivity contribution in [2.75, 3.05) is 13.7 Å². The van der Waals surface area contributed by atoms with Crippen LogP contribution in [-0.4, -0.2) is 46.4 Å². The zero-order chi connectivity index (χ0) is 26.5. The molecular weight excluding hydrogens is 472 g/mol. The average molecular weight is 501 g/mol. The molecule has 0 saturated carbocycles. The van der Waals surface area contributed by atoms with Gasteiger partial charge in [-0.3, -0.25) is 14.6 Å². The smallest absolute Gasteiger partial charge is 0.338 e. The van der Waals surface area contributed by atoms with Crippen LogP contribution in [0.2, 0.25) is 0 Å². The van der Waals surface area contributed by atoms with Crippen LogP contribution in [0.5, 0.6) is 5.75 Å². The largest absolute Gasteiger partial charge is 0.507 e. The van der Waals surface area contributed by atoms with Crippen molar-refractivity contribution in [2.45, 2.75) is 32.9 Å². The SMILES string of the molecule is CCCOC(=O)c1ccc(CN2C(=O)C(=O)/C(=C(\O)c3ccc(OC)c(C)c3)C2c2cccnc2)cc1. The summed E-state index contributed by atoms with van der Waals surface area (Å²) in [4.78, 5) is 44.2. The van der Waals surface area contributed by atoms with Gasteiger partial charge < -0.3 is 19.5 Å². The van der Waals surface area contributed by atoms with Crippen molar-refractivity contribution in [3.8, 4) is 5.75 Å². The number of pyridine rings is 1. The van der Waals surface area contributed by atoms with Gasteiger partial charge in [-0.05, 0) is 66.4 Å². The number of nitrogens with zero attached hydrogens (tertiary/aromatic N) is 2. The molecule has 0 radical (unpaired) electrons. The van der Waals surface area contributed by atoms with Crippen molar-refractivity contribution < 1.29 is 29.0 Å². The number of benzene rings is 2. The number of methoxy groups -OCH3 is 1. The van der Waals surface area contributed by atoms with Crippen LogP contribution in [0, 0.1) is 6.92 Å². The number of aliphatic hydroxyl groups is 1. The normalized spacial score (nSPS) is 16.6. The summed E-state index contributed by atoms with van der Waals surface area (Å²) in [6.45, 7) is 4.17.